The van der Waals surface area contributed by atoms with Crippen LogP contribution in [0.4, 0.5) is 0 Å². The lowest BCUT2D eigenvalue weighted by atomic mass is 10.1. The fourth-order valence-electron chi connectivity index (χ4n) is 3.09. The summed E-state index contributed by atoms with van der Waals surface area (Å²) in [7, 11) is 1.76. The Bertz CT molecular complexity index is 962. The third-order valence-corrected chi connectivity index (χ3v) is 4.51. The zero-order valence-electron chi connectivity index (χ0n) is 15.4. The maximum Gasteiger partial charge on any atom is 0.355 e. The molecule has 0 fully saturated rings. The lowest BCUT2D eigenvalue weighted by Gasteiger charge is -2.10. The lowest BCUT2D eigenvalue weighted by molar-refractivity contribution is 0.0465. The number of hydrogen-bond donors (Lipinski definition) is 0. The molecule has 0 bridgehead atoms. The molecule has 0 unspecified atom stereocenters. The molecule has 0 N–H and O–H groups in total. The summed E-state index contributed by atoms with van der Waals surface area (Å²) in [6.45, 7) is 5.62. The molecule has 3 aromatic rings. The third kappa shape index (κ3) is 3.33. The number of rotatable bonds is 5. The number of nitrogens with zero attached hydrogens (tertiary/aromatic N) is 2. The topological polar surface area (TPSA) is 53.2 Å². The summed E-state index contributed by atoms with van der Waals surface area (Å²) in [5.74, 6) is -0.711. The molecule has 134 valence electrons. The number of aryl methyl sites for hydroxylation is 3. The van der Waals surface area contributed by atoms with Crippen LogP contribution < -0.4 is 0 Å². The predicted molar refractivity (Wildman–Crippen MR) is 100 cm³/mol. The van der Waals surface area contributed by atoms with E-state index >= 15 is 0 Å². The van der Waals surface area contributed by atoms with Gasteiger partial charge in [0.25, 0.3) is 0 Å². The normalized spacial score (nSPS) is 10.8. The maximum absolute atomic E-state index is 12.6. The van der Waals surface area contributed by atoms with E-state index in [1.54, 1.807) is 29.9 Å². The third-order valence-electron chi connectivity index (χ3n) is 4.51. The highest BCUT2D eigenvalue weighted by Gasteiger charge is 2.19. The highest BCUT2D eigenvalue weighted by Crippen LogP contribution is 2.21. The van der Waals surface area contributed by atoms with Crippen LogP contribution in [-0.4, -0.2) is 27.5 Å². The fourth-order valence-corrected chi connectivity index (χ4v) is 3.09. The molecule has 5 heteroatoms. The van der Waals surface area contributed by atoms with Gasteiger partial charge in [-0.1, -0.05) is 17.7 Å². The van der Waals surface area contributed by atoms with Gasteiger partial charge in [0.2, 0.25) is 5.78 Å². The van der Waals surface area contributed by atoms with Gasteiger partial charge in [-0.2, -0.15) is 0 Å². The van der Waals surface area contributed by atoms with Crippen LogP contribution in [0.15, 0.2) is 48.7 Å². The first-order chi connectivity index (χ1) is 12.4. The highest BCUT2D eigenvalue weighted by atomic mass is 16.5. The zero-order chi connectivity index (χ0) is 18.8. The van der Waals surface area contributed by atoms with Gasteiger partial charge in [0.15, 0.2) is 6.61 Å². The van der Waals surface area contributed by atoms with Gasteiger partial charge in [0.1, 0.15) is 5.69 Å². The number of ether oxygens (including phenoxy) is 1. The quantitative estimate of drug-likeness (QED) is 0.520. The molecule has 0 amide bonds. The summed E-state index contributed by atoms with van der Waals surface area (Å²) in [5, 5.41) is 0. The minimum absolute atomic E-state index is 0.209. The van der Waals surface area contributed by atoms with Gasteiger partial charge in [-0.25, -0.2) is 4.79 Å². The standard InChI is InChI=1S/C21H22N2O3/c1-14-7-9-17(10-8-14)23-15(2)12-18(16(23)3)20(24)13-26-21(25)19-6-5-11-22(19)4/h5-12H,13H2,1-4H3. The molecule has 0 radical (unpaired) electrons. The van der Waals surface area contributed by atoms with E-state index < -0.39 is 5.97 Å². The number of carbonyl (C=O) groups excluding carboxylic acids is 2. The first kappa shape index (κ1) is 17.7. The fraction of sp³-hybridized carbons (Fsp3) is 0.238. The van der Waals surface area contributed by atoms with Crippen molar-refractivity contribution in [1.82, 2.24) is 9.13 Å². The van der Waals surface area contributed by atoms with Crippen molar-refractivity contribution in [3.63, 3.8) is 0 Å². The number of benzene rings is 1. The van der Waals surface area contributed by atoms with Crippen molar-refractivity contribution in [2.24, 2.45) is 7.05 Å². The molecule has 5 nitrogen and oxygen atoms in total. The monoisotopic (exact) mass is 350 g/mol. The molecular weight excluding hydrogens is 328 g/mol. The van der Waals surface area contributed by atoms with E-state index in [1.165, 1.54) is 5.56 Å². The van der Waals surface area contributed by atoms with Gasteiger partial charge in [0, 0.05) is 35.9 Å². The Morgan fingerprint density at radius 1 is 1.04 bits per heavy atom. The molecule has 0 saturated carbocycles. The molecule has 0 aliphatic rings. The van der Waals surface area contributed by atoms with Gasteiger partial charge < -0.3 is 13.9 Å². The Labute approximate surface area is 152 Å². The second-order valence-corrected chi connectivity index (χ2v) is 6.46. The van der Waals surface area contributed by atoms with Crippen molar-refractivity contribution in [3.05, 3.63) is 76.9 Å². The molecule has 1 aromatic carbocycles. The molecule has 26 heavy (non-hydrogen) atoms. The van der Waals surface area contributed by atoms with Crippen molar-refractivity contribution >= 4 is 11.8 Å². The lowest BCUT2D eigenvalue weighted by Crippen LogP contribution is -2.16. The molecule has 0 aliphatic heterocycles. The average molecular weight is 350 g/mol. The summed E-state index contributed by atoms with van der Waals surface area (Å²) < 4.78 is 8.89. The molecule has 0 spiro atoms. The molecule has 2 heterocycles. The molecule has 0 saturated heterocycles. The first-order valence-electron chi connectivity index (χ1n) is 8.46. The SMILES string of the molecule is Cc1ccc(-n2c(C)cc(C(=O)COC(=O)c3cccn3C)c2C)cc1. The van der Waals surface area contributed by atoms with Crippen LogP contribution in [0.3, 0.4) is 0 Å². The largest absolute Gasteiger partial charge is 0.453 e. The Morgan fingerprint density at radius 2 is 1.73 bits per heavy atom. The summed E-state index contributed by atoms with van der Waals surface area (Å²) in [6, 6.07) is 13.4. The van der Waals surface area contributed by atoms with Crippen LogP contribution in [0.25, 0.3) is 5.69 Å². The van der Waals surface area contributed by atoms with Crippen molar-refractivity contribution in [1.29, 1.82) is 0 Å². The van der Waals surface area contributed by atoms with Gasteiger partial charge in [-0.15, -0.1) is 0 Å². The molecule has 0 aliphatic carbocycles. The van der Waals surface area contributed by atoms with E-state index in [0.29, 0.717) is 11.3 Å². The van der Waals surface area contributed by atoms with E-state index in [1.807, 2.05) is 55.7 Å². The van der Waals surface area contributed by atoms with Crippen LogP contribution in [0.2, 0.25) is 0 Å². The van der Waals surface area contributed by atoms with Gasteiger partial charge >= 0.3 is 5.97 Å². The zero-order valence-corrected chi connectivity index (χ0v) is 15.4. The Morgan fingerprint density at radius 3 is 2.35 bits per heavy atom. The van der Waals surface area contributed by atoms with E-state index in [-0.39, 0.29) is 12.4 Å². The van der Waals surface area contributed by atoms with Crippen LogP contribution in [0.5, 0.6) is 0 Å². The number of hydrogen-bond acceptors (Lipinski definition) is 3. The minimum atomic E-state index is -0.502. The van der Waals surface area contributed by atoms with Crippen molar-refractivity contribution in [2.75, 3.05) is 6.61 Å². The smallest absolute Gasteiger partial charge is 0.355 e. The Kier molecular flexibility index (Phi) is 4.80. The Balaban J connectivity index is 1.78. The van der Waals surface area contributed by atoms with E-state index in [9.17, 15) is 9.59 Å². The number of carbonyl (C=O) groups is 2. The van der Waals surface area contributed by atoms with Gasteiger partial charge in [-0.3, -0.25) is 4.79 Å². The summed E-state index contributed by atoms with van der Waals surface area (Å²) in [4.78, 5) is 24.7. The molecule has 2 aromatic heterocycles. The summed E-state index contributed by atoms with van der Waals surface area (Å²) in [6.07, 6.45) is 1.76. The van der Waals surface area contributed by atoms with Gasteiger partial charge in [0.05, 0.1) is 0 Å². The molecular formula is C21H22N2O3. The van der Waals surface area contributed by atoms with E-state index in [0.717, 1.165) is 17.1 Å². The van der Waals surface area contributed by atoms with Crippen LogP contribution >= 0.6 is 0 Å². The molecule has 0 atom stereocenters. The number of Topliss-reactive ketones (excluding diaryl/α,β-unsaturated/α-hetero) is 1. The van der Waals surface area contributed by atoms with Crippen LogP contribution in [0, 0.1) is 20.8 Å². The first-order valence-corrected chi connectivity index (χ1v) is 8.46. The van der Waals surface area contributed by atoms with E-state index in [4.69, 9.17) is 4.74 Å². The molecule has 3 rings (SSSR count). The highest BCUT2D eigenvalue weighted by molar-refractivity contribution is 6.00. The summed E-state index contributed by atoms with van der Waals surface area (Å²) >= 11 is 0. The van der Waals surface area contributed by atoms with Crippen LogP contribution in [0.1, 0.15) is 37.8 Å². The predicted octanol–water partition coefficient (Wildman–Crippen LogP) is 3.78. The Hall–Kier alpha value is -3.08. The summed E-state index contributed by atoms with van der Waals surface area (Å²) in [5.41, 5.74) is 4.98. The van der Waals surface area contributed by atoms with Crippen molar-refractivity contribution in [2.45, 2.75) is 20.8 Å². The van der Waals surface area contributed by atoms with E-state index in [2.05, 4.69) is 0 Å². The second kappa shape index (κ2) is 7.04. The average Bonchev–Trinajstić information content (AvgIpc) is 3.17. The number of esters is 1. The van der Waals surface area contributed by atoms with Crippen molar-refractivity contribution < 1.29 is 14.3 Å². The number of ketones is 1. The van der Waals surface area contributed by atoms with Crippen molar-refractivity contribution in [3.8, 4) is 5.69 Å². The second-order valence-electron chi connectivity index (χ2n) is 6.46. The number of aromatic nitrogens is 2. The minimum Gasteiger partial charge on any atom is -0.453 e. The van der Waals surface area contributed by atoms with Gasteiger partial charge in [-0.05, 0) is 51.1 Å². The maximum atomic E-state index is 12.6. The van der Waals surface area contributed by atoms with Crippen LogP contribution in [-0.2, 0) is 11.8 Å².